The van der Waals surface area contributed by atoms with E-state index in [2.05, 4.69) is 12.1 Å². The zero-order chi connectivity index (χ0) is 21.3. The van der Waals surface area contributed by atoms with Crippen molar-refractivity contribution in [3.05, 3.63) is 60.4 Å². The lowest BCUT2D eigenvalue weighted by Crippen LogP contribution is -2.49. The van der Waals surface area contributed by atoms with Crippen LogP contribution in [0.3, 0.4) is 0 Å². The van der Waals surface area contributed by atoms with Crippen LogP contribution in [-0.2, 0) is 20.7 Å². The van der Waals surface area contributed by atoms with Crippen molar-refractivity contribution in [3.8, 4) is 0 Å². The maximum absolute atomic E-state index is 12.6. The summed E-state index contributed by atoms with van der Waals surface area (Å²) in [5, 5.41) is 2.05. The largest absolute Gasteiger partial charge is 0.448 e. The zero-order valence-electron chi connectivity index (χ0n) is 17.5. The van der Waals surface area contributed by atoms with Gasteiger partial charge in [0.05, 0.1) is 6.61 Å². The Morgan fingerprint density at radius 2 is 1.59 bits per heavy atom. The molecule has 2 amide bonds. The number of hydrogen-bond acceptors (Lipinski definition) is 4. The molecule has 0 bridgehead atoms. The minimum absolute atomic E-state index is 0.262. The molecule has 0 fully saturated rings. The van der Waals surface area contributed by atoms with Crippen molar-refractivity contribution in [1.82, 2.24) is 10.0 Å². The van der Waals surface area contributed by atoms with Gasteiger partial charge in [0.25, 0.3) is 0 Å². The molecule has 1 aromatic rings. The monoisotopic (exact) mass is 398 g/mol. The summed E-state index contributed by atoms with van der Waals surface area (Å²) in [5.41, 5.74) is 0.504. The van der Waals surface area contributed by atoms with Gasteiger partial charge < -0.3 is 4.74 Å². The molecule has 29 heavy (non-hydrogen) atoms. The quantitative estimate of drug-likeness (QED) is 0.449. The normalized spacial score (nSPS) is 13.5. The topological polar surface area (TPSA) is 66.9 Å². The standard InChI is InChI=1S/C23H30N2O4/c1-4-23(2,3)20(26)21(27)24-16-10-11-17-25(24)22(28)29-18-12-6-9-15-19-13-7-5-8-14-19/h5,7-8,10-11,13-14,16-17H,4,6,9,12,15,18H2,1-3H3. The Kier molecular flexibility index (Phi) is 8.19. The lowest BCUT2D eigenvalue weighted by atomic mass is 9.85. The molecule has 0 saturated carbocycles. The molecular formula is C23H30N2O4. The molecule has 2 rings (SSSR count). The van der Waals surface area contributed by atoms with Crippen LogP contribution in [0.5, 0.6) is 0 Å². The third kappa shape index (κ3) is 6.31. The molecule has 0 aromatic heterocycles. The van der Waals surface area contributed by atoms with Crippen LogP contribution >= 0.6 is 0 Å². The average Bonchev–Trinajstić information content (AvgIpc) is 2.75. The molecule has 1 heterocycles. The van der Waals surface area contributed by atoms with Crippen molar-refractivity contribution in [2.75, 3.05) is 6.61 Å². The molecule has 6 nitrogen and oxygen atoms in total. The number of unbranched alkanes of at least 4 members (excludes halogenated alkanes) is 2. The second-order valence-electron chi connectivity index (χ2n) is 7.65. The Bertz CT molecular complexity index is 768. The summed E-state index contributed by atoms with van der Waals surface area (Å²) >= 11 is 0. The van der Waals surface area contributed by atoms with E-state index in [1.165, 1.54) is 18.0 Å². The second kappa shape index (κ2) is 10.6. The van der Waals surface area contributed by atoms with Crippen LogP contribution in [0, 0.1) is 5.41 Å². The second-order valence-corrected chi connectivity index (χ2v) is 7.65. The number of rotatable bonds is 9. The third-order valence-corrected chi connectivity index (χ3v) is 5.06. The maximum atomic E-state index is 12.6. The number of hydrazine groups is 1. The van der Waals surface area contributed by atoms with Gasteiger partial charge in [-0.2, -0.15) is 5.01 Å². The number of carbonyl (C=O) groups is 3. The van der Waals surface area contributed by atoms with Gasteiger partial charge in [-0.25, -0.2) is 9.80 Å². The minimum atomic E-state index is -0.791. The molecule has 0 radical (unpaired) electrons. The van der Waals surface area contributed by atoms with E-state index in [0.29, 0.717) is 6.42 Å². The highest BCUT2D eigenvalue weighted by molar-refractivity contribution is 6.38. The molecule has 0 aliphatic carbocycles. The fourth-order valence-electron chi connectivity index (χ4n) is 2.75. The number of ether oxygens (including phenoxy) is 1. The SMILES string of the molecule is CCC(C)(C)C(=O)C(=O)N1C=CC=CN1C(=O)OCCCCCc1ccccc1. The van der Waals surface area contributed by atoms with Crippen LogP contribution in [0.4, 0.5) is 4.79 Å². The van der Waals surface area contributed by atoms with Gasteiger partial charge in [-0.15, -0.1) is 0 Å². The van der Waals surface area contributed by atoms with E-state index in [0.717, 1.165) is 35.7 Å². The number of Topliss-reactive ketones (excluding diaryl/α,β-unsaturated/α-hetero) is 1. The van der Waals surface area contributed by atoms with Crippen molar-refractivity contribution in [2.45, 2.75) is 52.9 Å². The number of benzene rings is 1. The first kappa shape index (κ1) is 22.4. The Hall–Kier alpha value is -2.89. The van der Waals surface area contributed by atoms with E-state index in [1.807, 2.05) is 25.1 Å². The van der Waals surface area contributed by atoms with Gasteiger partial charge in [0.15, 0.2) is 0 Å². The number of amides is 2. The van der Waals surface area contributed by atoms with E-state index in [4.69, 9.17) is 4.74 Å². The van der Waals surface area contributed by atoms with Gasteiger partial charge in [-0.05, 0) is 49.8 Å². The highest BCUT2D eigenvalue weighted by Gasteiger charge is 2.37. The predicted octanol–water partition coefficient (Wildman–Crippen LogP) is 4.63. The molecule has 0 atom stereocenters. The Morgan fingerprint density at radius 1 is 0.931 bits per heavy atom. The number of aryl methyl sites for hydroxylation is 1. The van der Waals surface area contributed by atoms with Crippen molar-refractivity contribution in [2.24, 2.45) is 5.41 Å². The predicted molar refractivity (Wildman–Crippen MR) is 111 cm³/mol. The third-order valence-electron chi connectivity index (χ3n) is 5.06. The highest BCUT2D eigenvalue weighted by atomic mass is 16.6. The summed E-state index contributed by atoms with van der Waals surface area (Å²) in [7, 11) is 0. The zero-order valence-corrected chi connectivity index (χ0v) is 17.5. The van der Waals surface area contributed by atoms with Gasteiger partial charge >= 0.3 is 12.0 Å². The molecule has 1 aliphatic heterocycles. The van der Waals surface area contributed by atoms with Crippen molar-refractivity contribution in [3.63, 3.8) is 0 Å². The highest BCUT2D eigenvalue weighted by Crippen LogP contribution is 2.23. The van der Waals surface area contributed by atoms with Gasteiger partial charge in [0.2, 0.25) is 5.78 Å². The van der Waals surface area contributed by atoms with Crippen molar-refractivity contribution in [1.29, 1.82) is 0 Å². The molecular weight excluding hydrogens is 368 g/mol. The fourth-order valence-corrected chi connectivity index (χ4v) is 2.75. The molecule has 156 valence electrons. The number of carbonyl (C=O) groups excluding carboxylic acids is 3. The molecule has 6 heteroatoms. The molecule has 0 saturated heterocycles. The van der Waals surface area contributed by atoms with E-state index >= 15 is 0 Å². The van der Waals surface area contributed by atoms with E-state index in [-0.39, 0.29) is 6.61 Å². The van der Waals surface area contributed by atoms with Crippen molar-refractivity contribution >= 4 is 17.8 Å². The van der Waals surface area contributed by atoms with Crippen LogP contribution in [0.1, 0.15) is 52.0 Å². The fraction of sp³-hybridized carbons (Fsp3) is 0.435. The van der Waals surface area contributed by atoms with Crippen LogP contribution in [0.2, 0.25) is 0 Å². The summed E-state index contributed by atoms with van der Waals surface area (Å²) in [6.07, 6.45) is 9.55. The Balaban J connectivity index is 1.80. The lowest BCUT2D eigenvalue weighted by Gasteiger charge is -2.32. The summed E-state index contributed by atoms with van der Waals surface area (Å²) in [5.74, 6) is -1.30. The van der Waals surface area contributed by atoms with Crippen molar-refractivity contribution < 1.29 is 19.1 Å². The smallest absolute Gasteiger partial charge is 0.433 e. The Morgan fingerprint density at radius 3 is 2.24 bits per heavy atom. The first-order chi connectivity index (χ1) is 13.9. The molecule has 0 spiro atoms. The first-order valence-electron chi connectivity index (χ1n) is 10.1. The van der Waals surface area contributed by atoms with Crippen LogP contribution < -0.4 is 0 Å². The first-order valence-corrected chi connectivity index (χ1v) is 10.1. The number of hydrogen-bond donors (Lipinski definition) is 0. The molecule has 0 N–H and O–H groups in total. The Labute approximate surface area is 172 Å². The summed E-state index contributed by atoms with van der Waals surface area (Å²) in [6.45, 7) is 5.54. The molecule has 1 aromatic carbocycles. The van der Waals surface area contributed by atoms with E-state index < -0.39 is 23.2 Å². The summed E-state index contributed by atoms with van der Waals surface area (Å²) < 4.78 is 5.30. The number of nitrogens with zero attached hydrogens (tertiary/aromatic N) is 2. The summed E-state index contributed by atoms with van der Waals surface area (Å²) in [6, 6.07) is 10.2. The maximum Gasteiger partial charge on any atom is 0.433 e. The summed E-state index contributed by atoms with van der Waals surface area (Å²) in [4.78, 5) is 37.5. The van der Waals surface area contributed by atoms with Crippen LogP contribution in [0.25, 0.3) is 0 Å². The minimum Gasteiger partial charge on any atom is -0.448 e. The van der Waals surface area contributed by atoms with Gasteiger partial charge in [-0.1, -0.05) is 51.1 Å². The number of allylic oxidation sites excluding steroid dienone is 2. The van der Waals surface area contributed by atoms with E-state index in [9.17, 15) is 14.4 Å². The number of ketones is 1. The molecule has 1 aliphatic rings. The van der Waals surface area contributed by atoms with E-state index in [1.54, 1.807) is 26.0 Å². The van der Waals surface area contributed by atoms with Crippen LogP contribution in [-0.4, -0.2) is 34.4 Å². The van der Waals surface area contributed by atoms with Crippen LogP contribution in [0.15, 0.2) is 54.9 Å². The lowest BCUT2D eigenvalue weighted by molar-refractivity contribution is -0.153. The van der Waals surface area contributed by atoms with Gasteiger partial charge in [0.1, 0.15) is 0 Å². The molecule has 0 unspecified atom stereocenters. The average molecular weight is 399 g/mol. The van der Waals surface area contributed by atoms with Gasteiger partial charge in [0, 0.05) is 17.8 Å². The van der Waals surface area contributed by atoms with Gasteiger partial charge in [-0.3, -0.25) is 9.59 Å².